The quantitative estimate of drug-likeness (QED) is 0.792. The van der Waals surface area contributed by atoms with E-state index in [9.17, 15) is 0 Å². The fourth-order valence-electron chi connectivity index (χ4n) is 1.94. The minimum absolute atomic E-state index is 0.586. The SMILES string of the molecule is CNC1C=C(c2cccc(C(C)C)c2)C1. The molecule has 2 rings (SSSR count). The van der Waals surface area contributed by atoms with Crippen LogP contribution in [0, 0.1) is 0 Å². The van der Waals surface area contributed by atoms with Crippen LogP contribution in [-0.4, -0.2) is 13.1 Å². The van der Waals surface area contributed by atoms with Crippen LogP contribution in [0.3, 0.4) is 0 Å². The summed E-state index contributed by atoms with van der Waals surface area (Å²) in [5.41, 5.74) is 4.31. The van der Waals surface area contributed by atoms with E-state index in [1.807, 2.05) is 7.05 Å². The zero-order valence-corrected chi connectivity index (χ0v) is 9.75. The lowest BCUT2D eigenvalue weighted by atomic mass is 9.86. The average molecular weight is 201 g/mol. The molecule has 1 nitrogen and oxygen atoms in total. The standard InChI is InChI=1S/C14H19N/c1-10(2)11-5-4-6-12(7-11)13-8-14(9-13)15-3/h4-8,10,14-15H,9H2,1-3H3. The molecule has 1 aromatic rings. The van der Waals surface area contributed by atoms with Crippen molar-refractivity contribution >= 4 is 5.57 Å². The minimum Gasteiger partial charge on any atom is -0.313 e. The van der Waals surface area contributed by atoms with Crippen LogP contribution in [-0.2, 0) is 0 Å². The summed E-state index contributed by atoms with van der Waals surface area (Å²) in [7, 11) is 2.02. The number of nitrogens with one attached hydrogen (secondary N) is 1. The number of hydrogen-bond donors (Lipinski definition) is 1. The Hall–Kier alpha value is -1.08. The van der Waals surface area contributed by atoms with Crippen LogP contribution < -0.4 is 5.32 Å². The maximum atomic E-state index is 3.26. The van der Waals surface area contributed by atoms with Gasteiger partial charge in [-0.1, -0.05) is 44.2 Å². The Morgan fingerprint density at radius 3 is 2.67 bits per heavy atom. The van der Waals surface area contributed by atoms with Crippen molar-refractivity contribution in [3.8, 4) is 0 Å². The first-order valence-corrected chi connectivity index (χ1v) is 5.69. The summed E-state index contributed by atoms with van der Waals surface area (Å²) in [5.74, 6) is 0.616. The van der Waals surface area contributed by atoms with Gasteiger partial charge in [0.15, 0.2) is 0 Å². The van der Waals surface area contributed by atoms with Crippen LogP contribution in [0.5, 0.6) is 0 Å². The fraction of sp³-hybridized carbons (Fsp3) is 0.429. The molecule has 15 heavy (non-hydrogen) atoms. The van der Waals surface area contributed by atoms with Crippen LogP contribution in [0.1, 0.15) is 37.3 Å². The van der Waals surface area contributed by atoms with E-state index in [0.717, 1.165) is 6.42 Å². The highest BCUT2D eigenvalue weighted by molar-refractivity contribution is 5.72. The van der Waals surface area contributed by atoms with E-state index in [1.54, 1.807) is 0 Å². The third-order valence-electron chi connectivity index (χ3n) is 3.14. The van der Waals surface area contributed by atoms with Crippen LogP contribution in [0.4, 0.5) is 0 Å². The van der Waals surface area contributed by atoms with Crippen molar-refractivity contribution < 1.29 is 0 Å². The molecule has 1 N–H and O–H groups in total. The van der Waals surface area contributed by atoms with Gasteiger partial charge < -0.3 is 5.32 Å². The lowest BCUT2D eigenvalue weighted by Crippen LogP contribution is -2.29. The molecule has 80 valence electrons. The summed E-state index contributed by atoms with van der Waals surface area (Å²) in [4.78, 5) is 0. The predicted molar refractivity (Wildman–Crippen MR) is 66.0 cm³/mol. The Morgan fingerprint density at radius 2 is 2.07 bits per heavy atom. The van der Waals surface area contributed by atoms with Crippen molar-refractivity contribution in [3.63, 3.8) is 0 Å². The number of rotatable bonds is 3. The maximum absolute atomic E-state index is 3.26. The Kier molecular flexibility index (Phi) is 2.92. The number of hydrogen-bond acceptors (Lipinski definition) is 1. The van der Waals surface area contributed by atoms with Gasteiger partial charge in [0.25, 0.3) is 0 Å². The third kappa shape index (κ3) is 2.13. The molecule has 0 fully saturated rings. The molecule has 1 atom stereocenters. The van der Waals surface area contributed by atoms with E-state index in [-0.39, 0.29) is 0 Å². The molecule has 1 aromatic carbocycles. The Labute approximate surface area is 92.2 Å². The molecule has 1 aliphatic carbocycles. The first-order chi connectivity index (χ1) is 7.20. The molecule has 0 amide bonds. The van der Waals surface area contributed by atoms with Gasteiger partial charge in [-0.05, 0) is 36.1 Å². The zero-order valence-electron chi connectivity index (χ0n) is 9.75. The van der Waals surface area contributed by atoms with Gasteiger partial charge in [0.2, 0.25) is 0 Å². The zero-order chi connectivity index (χ0) is 10.8. The van der Waals surface area contributed by atoms with E-state index >= 15 is 0 Å². The molecule has 0 bridgehead atoms. The highest BCUT2D eigenvalue weighted by Gasteiger charge is 2.18. The second-order valence-electron chi connectivity index (χ2n) is 4.57. The molecular formula is C14H19N. The van der Waals surface area contributed by atoms with Crippen molar-refractivity contribution in [2.75, 3.05) is 7.05 Å². The summed E-state index contributed by atoms with van der Waals surface area (Å²) in [6, 6.07) is 9.50. The monoisotopic (exact) mass is 201 g/mol. The molecular weight excluding hydrogens is 182 g/mol. The van der Waals surface area contributed by atoms with Crippen molar-refractivity contribution in [3.05, 3.63) is 41.5 Å². The molecule has 0 aromatic heterocycles. The topological polar surface area (TPSA) is 12.0 Å². The van der Waals surface area contributed by atoms with Crippen LogP contribution >= 0.6 is 0 Å². The highest BCUT2D eigenvalue weighted by atomic mass is 14.9. The highest BCUT2D eigenvalue weighted by Crippen LogP contribution is 2.30. The van der Waals surface area contributed by atoms with Crippen LogP contribution in [0.15, 0.2) is 30.3 Å². The second kappa shape index (κ2) is 4.19. The summed E-state index contributed by atoms with van der Waals surface area (Å²) in [6.07, 6.45) is 3.48. The molecule has 0 heterocycles. The van der Waals surface area contributed by atoms with Crippen molar-refractivity contribution in [2.45, 2.75) is 32.2 Å². The lowest BCUT2D eigenvalue weighted by Gasteiger charge is -2.25. The van der Waals surface area contributed by atoms with Crippen molar-refractivity contribution in [1.29, 1.82) is 0 Å². The molecule has 0 saturated carbocycles. The van der Waals surface area contributed by atoms with E-state index in [1.165, 1.54) is 16.7 Å². The summed E-state index contributed by atoms with van der Waals surface area (Å²) in [5, 5.41) is 3.26. The molecule has 0 spiro atoms. The Bertz CT molecular complexity index is 377. The first-order valence-electron chi connectivity index (χ1n) is 5.69. The lowest BCUT2D eigenvalue weighted by molar-refractivity contribution is 0.648. The summed E-state index contributed by atoms with van der Waals surface area (Å²) in [6.45, 7) is 4.48. The Morgan fingerprint density at radius 1 is 1.33 bits per heavy atom. The van der Waals surface area contributed by atoms with Crippen molar-refractivity contribution in [1.82, 2.24) is 5.32 Å². The van der Waals surface area contributed by atoms with Crippen molar-refractivity contribution in [2.24, 2.45) is 0 Å². The van der Waals surface area contributed by atoms with E-state index < -0.39 is 0 Å². The average Bonchev–Trinajstić information content (AvgIpc) is 2.16. The number of benzene rings is 1. The van der Waals surface area contributed by atoms with Gasteiger partial charge in [0, 0.05) is 6.04 Å². The molecule has 0 aliphatic heterocycles. The molecule has 1 aliphatic rings. The van der Waals surface area contributed by atoms with E-state index in [4.69, 9.17) is 0 Å². The summed E-state index contributed by atoms with van der Waals surface area (Å²) < 4.78 is 0. The van der Waals surface area contributed by atoms with Gasteiger partial charge >= 0.3 is 0 Å². The largest absolute Gasteiger partial charge is 0.313 e. The third-order valence-corrected chi connectivity index (χ3v) is 3.14. The van der Waals surface area contributed by atoms with E-state index in [0.29, 0.717) is 12.0 Å². The second-order valence-corrected chi connectivity index (χ2v) is 4.57. The van der Waals surface area contributed by atoms with Gasteiger partial charge in [-0.15, -0.1) is 0 Å². The smallest absolute Gasteiger partial charge is 0.0293 e. The fourth-order valence-corrected chi connectivity index (χ4v) is 1.94. The molecule has 0 saturated heterocycles. The minimum atomic E-state index is 0.586. The van der Waals surface area contributed by atoms with Crippen LogP contribution in [0.2, 0.25) is 0 Å². The normalized spacial score (nSPS) is 20.0. The van der Waals surface area contributed by atoms with Gasteiger partial charge in [-0.25, -0.2) is 0 Å². The predicted octanol–water partition coefficient (Wildman–Crippen LogP) is 3.19. The summed E-state index contributed by atoms with van der Waals surface area (Å²) >= 11 is 0. The van der Waals surface area contributed by atoms with E-state index in [2.05, 4.69) is 49.5 Å². The molecule has 0 radical (unpaired) electrons. The van der Waals surface area contributed by atoms with Gasteiger partial charge in [-0.2, -0.15) is 0 Å². The van der Waals surface area contributed by atoms with Gasteiger partial charge in [-0.3, -0.25) is 0 Å². The molecule has 1 unspecified atom stereocenters. The first kappa shape index (κ1) is 10.4. The van der Waals surface area contributed by atoms with Gasteiger partial charge in [0.1, 0.15) is 0 Å². The maximum Gasteiger partial charge on any atom is 0.0293 e. The van der Waals surface area contributed by atoms with Gasteiger partial charge in [0.05, 0.1) is 0 Å². The molecule has 1 heteroatoms. The Balaban J connectivity index is 2.20. The number of likely N-dealkylation sites (N-methyl/N-ethyl adjacent to an activating group) is 1. The van der Waals surface area contributed by atoms with Crippen LogP contribution in [0.25, 0.3) is 5.57 Å².